The van der Waals surface area contributed by atoms with Crippen LogP contribution in [-0.4, -0.2) is 62.6 Å². The first-order chi connectivity index (χ1) is 12.9. The van der Waals surface area contributed by atoms with Crippen molar-refractivity contribution in [2.75, 3.05) is 39.4 Å². The number of carbonyl (C=O) groups is 1. The fourth-order valence-corrected chi connectivity index (χ4v) is 2.19. The van der Waals surface area contributed by atoms with Gasteiger partial charge in [-0.1, -0.05) is 13.8 Å². The molecule has 28 heavy (non-hydrogen) atoms. The molecule has 0 saturated heterocycles. The Hall–Kier alpha value is -2.17. The number of hydrogen-bond acceptors (Lipinski definition) is 4. The quantitative estimate of drug-likeness (QED) is 0.592. The Morgan fingerprint density at radius 3 is 2.11 bits per heavy atom. The highest BCUT2D eigenvalue weighted by atomic mass is 19.4. The van der Waals surface area contributed by atoms with Crippen LogP contribution >= 0.6 is 0 Å². The molecule has 0 radical (unpaired) electrons. The maximum absolute atomic E-state index is 12.4. The van der Waals surface area contributed by atoms with E-state index in [1.807, 2.05) is 18.7 Å². The molecule has 160 valence electrons. The highest BCUT2D eigenvalue weighted by molar-refractivity contribution is 5.97. The summed E-state index contributed by atoms with van der Waals surface area (Å²) in [5, 5.41) is 2.52. The smallest absolute Gasteiger partial charge is 0.422 e. The Bertz CT molecular complexity index is 630. The van der Waals surface area contributed by atoms with Crippen LogP contribution in [0.15, 0.2) is 18.2 Å². The van der Waals surface area contributed by atoms with Gasteiger partial charge in [-0.3, -0.25) is 4.79 Å². The molecule has 0 fully saturated rings. The van der Waals surface area contributed by atoms with Crippen LogP contribution in [-0.2, 0) is 0 Å². The van der Waals surface area contributed by atoms with E-state index in [1.165, 1.54) is 0 Å². The van der Waals surface area contributed by atoms with Gasteiger partial charge in [-0.15, -0.1) is 0 Å². The molecule has 11 heteroatoms. The Morgan fingerprint density at radius 2 is 1.57 bits per heavy atom. The lowest BCUT2D eigenvalue weighted by Gasteiger charge is -2.19. The van der Waals surface area contributed by atoms with E-state index in [1.54, 1.807) is 0 Å². The van der Waals surface area contributed by atoms with Crippen LogP contribution in [0.2, 0.25) is 0 Å². The average molecular weight is 416 g/mol. The Kier molecular flexibility index (Phi) is 8.86. The number of benzene rings is 1. The second-order valence-electron chi connectivity index (χ2n) is 5.75. The molecule has 1 aromatic carbocycles. The number of ether oxygens (including phenoxy) is 2. The van der Waals surface area contributed by atoms with Crippen molar-refractivity contribution in [1.29, 1.82) is 0 Å². The standard InChI is InChI=1S/C17H22F6N2O3/c1-3-25(4-2)8-7-24-15(26)13-9-12(27-10-16(18,19)20)5-6-14(13)28-11-17(21,22)23/h5-6,9H,3-4,7-8,10-11H2,1-2H3,(H,24,26). The molecule has 0 spiro atoms. The third-order valence-corrected chi connectivity index (χ3v) is 3.60. The van der Waals surface area contributed by atoms with Gasteiger partial charge in [-0.05, 0) is 31.3 Å². The molecule has 0 aliphatic rings. The minimum Gasteiger partial charge on any atom is -0.484 e. The normalized spacial score (nSPS) is 12.2. The van der Waals surface area contributed by atoms with E-state index in [-0.39, 0.29) is 17.9 Å². The summed E-state index contributed by atoms with van der Waals surface area (Å²) in [5.41, 5.74) is -0.344. The van der Waals surface area contributed by atoms with Crippen molar-refractivity contribution in [3.05, 3.63) is 23.8 Å². The molecule has 0 aliphatic carbocycles. The molecule has 1 amide bonds. The summed E-state index contributed by atoms with van der Waals surface area (Å²) in [4.78, 5) is 14.3. The molecule has 5 nitrogen and oxygen atoms in total. The van der Waals surface area contributed by atoms with Gasteiger partial charge < -0.3 is 19.7 Å². The maximum atomic E-state index is 12.4. The van der Waals surface area contributed by atoms with Crippen molar-refractivity contribution in [2.24, 2.45) is 0 Å². The van der Waals surface area contributed by atoms with Gasteiger partial charge in [0.25, 0.3) is 5.91 Å². The summed E-state index contributed by atoms with van der Waals surface area (Å²) in [6.45, 7) is 2.80. The molecular formula is C17H22F6N2O3. The van der Waals surface area contributed by atoms with Gasteiger partial charge in [-0.2, -0.15) is 26.3 Å². The topological polar surface area (TPSA) is 50.8 Å². The lowest BCUT2D eigenvalue weighted by atomic mass is 10.1. The molecule has 0 aromatic heterocycles. The summed E-state index contributed by atoms with van der Waals surface area (Å²) in [6, 6.07) is 2.89. The van der Waals surface area contributed by atoms with E-state index in [4.69, 9.17) is 0 Å². The number of nitrogens with zero attached hydrogens (tertiary/aromatic N) is 1. The van der Waals surface area contributed by atoms with Crippen LogP contribution in [0.25, 0.3) is 0 Å². The minimum atomic E-state index is -4.64. The molecule has 1 rings (SSSR count). The highest BCUT2D eigenvalue weighted by Crippen LogP contribution is 2.27. The molecule has 0 saturated carbocycles. The number of rotatable bonds is 10. The van der Waals surface area contributed by atoms with Gasteiger partial charge >= 0.3 is 12.4 Å². The predicted molar refractivity (Wildman–Crippen MR) is 89.7 cm³/mol. The minimum absolute atomic E-state index is 0.201. The summed E-state index contributed by atoms with van der Waals surface area (Å²) in [7, 11) is 0. The largest absolute Gasteiger partial charge is 0.484 e. The monoisotopic (exact) mass is 416 g/mol. The lowest BCUT2D eigenvalue weighted by molar-refractivity contribution is -0.154. The fourth-order valence-electron chi connectivity index (χ4n) is 2.19. The van der Waals surface area contributed by atoms with Gasteiger partial charge in [0.15, 0.2) is 13.2 Å². The van der Waals surface area contributed by atoms with Crippen molar-refractivity contribution >= 4 is 5.91 Å². The van der Waals surface area contributed by atoms with Crippen molar-refractivity contribution in [2.45, 2.75) is 26.2 Å². The number of alkyl halides is 6. The summed E-state index contributed by atoms with van der Waals surface area (Å²) in [6.07, 6.45) is -9.24. The number of hydrogen-bond donors (Lipinski definition) is 1. The van der Waals surface area contributed by atoms with Crippen LogP contribution in [0, 0.1) is 0 Å². The Labute approximate surface area is 158 Å². The third-order valence-electron chi connectivity index (χ3n) is 3.60. The molecule has 1 aromatic rings. The van der Waals surface area contributed by atoms with Gasteiger partial charge in [0.2, 0.25) is 0 Å². The van der Waals surface area contributed by atoms with Gasteiger partial charge in [0, 0.05) is 13.1 Å². The van der Waals surface area contributed by atoms with Crippen molar-refractivity contribution in [3.8, 4) is 11.5 Å². The third kappa shape index (κ3) is 9.16. The Morgan fingerprint density at radius 1 is 1.00 bits per heavy atom. The van der Waals surface area contributed by atoms with Crippen LogP contribution in [0.4, 0.5) is 26.3 Å². The first-order valence-electron chi connectivity index (χ1n) is 8.49. The average Bonchev–Trinajstić information content (AvgIpc) is 2.60. The zero-order valence-corrected chi connectivity index (χ0v) is 15.4. The van der Waals surface area contributed by atoms with Crippen molar-refractivity contribution in [3.63, 3.8) is 0 Å². The van der Waals surface area contributed by atoms with Crippen molar-refractivity contribution in [1.82, 2.24) is 10.2 Å². The van der Waals surface area contributed by atoms with E-state index < -0.39 is 37.2 Å². The molecule has 0 bridgehead atoms. The summed E-state index contributed by atoms with van der Waals surface area (Å²) < 4.78 is 83.2. The first kappa shape index (κ1) is 23.9. The molecule has 0 unspecified atom stereocenters. The van der Waals surface area contributed by atoms with E-state index in [9.17, 15) is 31.1 Å². The highest BCUT2D eigenvalue weighted by Gasteiger charge is 2.30. The predicted octanol–water partition coefficient (Wildman–Crippen LogP) is 3.64. The lowest BCUT2D eigenvalue weighted by Crippen LogP contribution is -2.35. The number of amides is 1. The Balaban J connectivity index is 2.92. The van der Waals surface area contributed by atoms with Gasteiger partial charge in [0.1, 0.15) is 11.5 Å². The first-order valence-corrected chi connectivity index (χ1v) is 8.49. The second kappa shape index (κ2) is 10.4. The van der Waals surface area contributed by atoms with Gasteiger partial charge in [-0.25, -0.2) is 0 Å². The van der Waals surface area contributed by atoms with Crippen LogP contribution in [0.1, 0.15) is 24.2 Å². The van der Waals surface area contributed by atoms with Crippen LogP contribution in [0.3, 0.4) is 0 Å². The SMILES string of the molecule is CCN(CC)CCNC(=O)c1cc(OCC(F)(F)F)ccc1OCC(F)(F)F. The summed E-state index contributed by atoms with van der Waals surface area (Å²) in [5.74, 6) is -1.50. The van der Waals surface area contributed by atoms with Crippen molar-refractivity contribution < 1.29 is 40.6 Å². The van der Waals surface area contributed by atoms with E-state index in [0.29, 0.717) is 6.54 Å². The number of nitrogens with one attached hydrogen (secondary N) is 1. The maximum Gasteiger partial charge on any atom is 0.422 e. The van der Waals surface area contributed by atoms with E-state index >= 15 is 0 Å². The van der Waals surface area contributed by atoms with E-state index in [2.05, 4.69) is 14.8 Å². The number of halogens is 6. The van der Waals surface area contributed by atoms with Gasteiger partial charge in [0.05, 0.1) is 5.56 Å². The zero-order chi connectivity index (χ0) is 21.4. The molecular weight excluding hydrogens is 394 g/mol. The molecule has 0 atom stereocenters. The zero-order valence-electron chi connectivity index (χ0n) is 15.4. The molecule has 0 heterocycles. The number of carbonyl (C=O) groups excluding carboxylic acids is 1. The second-order valence-corrected chi connectivity index (χ2v) is 5.75. The molecule has 1 N–H and O–H groups in total. The fraction of sp³-hybridized carbons (Fsp3) is 0.588. The van der Waals surface area contributed by atoms with Crippen LogP contribution in [0.5, 0.6) is 11.5 Å². The van der Waals surface area contributed by atoms with E-state index in [0.717, 1.165) is 31.3 Å². The van der Waals surface area contributed by atoms with Crippen LogP contribution < -0.4 is 14.8 Å². The molecule has 0 aliphatic heterocycles. The number of likely N-dealkylation sites (N-methyl/N-ethyl adjacent to an activating group) is 1. The summed E-state index contributed by atoms with van der Waals surface area (Å²) >= 11 is 0.